The van der Waals surface area contributed by atoms with E-state index in [-0.39, 0.29) is 12.5 Å². The Bertz CT molecular complexity index is 441. The first-order chi connectivity index (χ1) is 8.74. The summed E-state index contributed by atoms with van der Waals surface area (Å²) in [4.78, 5) is 15.6. The third-order valence-electron chi connectivity index (χ3n) is 3.47. The maximum Gasteiger partial charge on any atom is 0.258 e. The first kappa shape index (κ1) is 11.7. The summed E-state index contributed by atoms with van der Waals surface area (Å²) in [6, 6.07) is 3.66. The highest BCUT2D eigenvalue weighted by molar-refractivity contribution is 6.30. The fraction of sp³-hybridized carbons (Fsp3) is 0.500. The smallest absolute Gasteiger partial charge is 0.258 e. The van der Waals surface area contributed by atoms with Crippen LogP contribution in [0.2, 0.25) is 5.02 Å². The Morgan fingerprint density at radius 2 is 2.28 bits per heavy atom. The zero-order valence-corrected chi connectivity index (χ0v) is 10.5. The van der Waals surface area contributed by atoms with Crippen LogP contribution >= 0.6 is 11.6 Å². The van der Waals surface area contributed by atoms with Gasteiger partial charge in [0.05, 0.1) is 5.02 Å². The number of amides is 1. The van der Waals surface area contributed by atoms with E-state index < -0.39 is 0 Å². The van der Waals surface area contributed by atoms with Crippen molar-refractivity contribution in [2.75, 3.05) is 19.7 Å². The summed E-state index contributed by atoms with van der Waals surface area (Å²) in [5, 5.41) is 6.81. The van der Waals surface area contributed by atoms with Crippen molar-refractivity contribution >= 4 is 17.5 Å². The summed E-state index contributed by atoms with van der Waals surface area (Å²) < 4.78 is 5.28. The van der Waals surface area contributed by atoms with Crippen molar-refractivity contribution in [3.05, 3.63) is 23.4 Å². The number of pyridine rings is 1. The molecule has 2 fully saturated rings. The van der Waals surface area contributed by atoms with Gasteiger partial charge >= 0.3 is 0 Å². The van der Waals surface area contributed by atoms with Crippen LogP contribution in [-0.2, 0) is 4.79 Å². The van der Waals surface area contributed by atoms with Crippen LogP contribution in [-0.4, -0.2) is 36.6 Å². The molecular formula is C12H14ClN3O2. The molecule has 3 rings (SSSR count). The standard InChI is InChI=1S/C12H14ClN3O2/c13-7-1-2-11(15-3-7)18-6-10(17)16-12-8-4-14-5-9(8)12/h1-3,8-9,12,14H,4-6H2,(H,16,17)/t8-,9+,12+. The Kier molecular flexibility index (Phi) is 3.09. The molecule has 1 aliphatic heterocycles. The molecule has 2 aliphatic rings. The van der Waals surface area contributed by atoms with Crippen LogP contribution in [0.15, 0.2) is 18.3 Å². The molecule has 1 aromatic heterocycles. The lowest BCUT2D eigenvalue weighted by Gasteiger charge is -2.08. The molecule has 0 spiro atoms. The molecule has 1 aromatic rings. The number of halogens is 1. The van der Waals surface area contributed by atoms with Gasteiger partial charge < -0.3 is 15.4 Å². The summed E-state index contributed by atoms with van der Waals surface area (Å²) in [5.41, 5.74) is 0. The number of piperidine rings is 1. The average molecular weight is 268 g/mol. The highest BCUT2D eigenvalue weighted by Crippen LogP contribution is 2.41. The molecule has 6 heteroatoms. The SMILES string of the molecule is O=C(COc1ccc(Cl)cn1)N[C@H]1[C@@H]2CNC[C@@H]21. The summed E-state index contributed by atoms with van der Waals surface area (Å²) in [5.74, 6) is 1.54. The number of aromatic nitrogens is 1. The molecule has 1 saturated heterocycles. The van der Waals surface area contributed by atoms with E-state index >= 15 is 0 Å². The second-order valence-electron chi connectivity index (χ2n) is 4.68. The molecule has 0 radical (unpaired) electrons. The van der Waals surface area contributed by atoms with Crippen molar-refractivity contribution in [2.24, 2.45) is 11.8 Å². The summed E-state index contributed by atoms with van der Waals surface area (Å²) >= 11 is 5.70. The monoisotopic (exact) mass is 267 g/mol. The maximum atomic E-state index is 11.7. The van der Waals surface area contributed by atoms with Gasteiger partial charge in [-0.1, -0.05) is 11.6 Å². The van der Waals surface area contributed by atoms with Gasteiger partial charge in [0, 0.05) is 31.4 Å². The third kappa shape index (κ3) is 2.42. The van der Waals surface area contributed by atoms with Crippen molar-refractivity contribution in [3.63, 3.8) is 0 Å². The second-order valence-corrected chi connectivity index (χ2v) is 5.12. The first-order valence-corrected chi connectivity index (χ1v) is 6.36. The van der Waals surface area contributed by atoms with Gasteiger partial charge in [0.2, 0.25) is 5.88 Å². The van der Waals surface area contributed by atoms with Gasteiger partial charge in [0.15, 0.2) is 6.61 Å². The van der Waals surface area contributed by atoms with Crippen LogP contribution in [0.4, 0.5) is 0 Å². The quantitative estimate of drug-likeness (QED) is 0.831. The third-order valence-corrected chi connectivity index (χ3v) is 3.69. The molecule has 2 heterocycles. The van der Waals surface area contributed by atoms with E-state index in [1.54, 1.807) is 12.1 Å². The minimum Gasteiger partial charge on any atom is -0.468 e. The van der Waals surface area contributed by atoms with Crippen LogP contribution in [0.25, 0.3) is 0 Å². The number of fused-ring (bicyclic) bond motifs is 1. The van der Waals surface area contributed by atoms with Crippen molar-refractivity contribution in [1.29, 1.82) is 0 Å². The molecule has 5 nitrogen and oxygen atoms in total. The Balaban J connectivity index is 1.43. The van der Waals surface area contributed by atoms with Crippen LogP contribution in [0.5, 0.6) is 5.88 Å². The molecular weight excluding hydrogens is 254 g/mol. The number of carbonyl (C=O) groups excluding carboxylic acids is 1. The minimum atomic E-state index is -0.0915. The molecule has 0 bridgehead atoms. The predicted octanol–water partition coefficient (Wildman–Crippen LogP) is 0.448. The van der Waals surface area contributed by atoms with E-state index in [1.165, 1.54) is 6.20 Å². The lowest BCUT2D eigenvalue weighted by Crippen LogP contribution is -2.35. The van der Waals surface area contributed by atoms with E-state index in [0.717, 1.165) is 13.1 Å². The molecule has 1 aliphatic carbocycles. The number of rotatable bonds is 4. The van der Waals surface area contributed by atoms with E-state index in [9.17, 15) is 4.79 Å². The predicted molar refractivity (Wildman–Crippen MR) is 66.5 cm³/mol. The number of carbonyl (C=O) groups is 1. The van der Waals surface area contributed by atoms with Gasteiger partial charge in [-0.2, -0.15) is 0 Å². The van der Waals surface area contributed by atoms with E-state index in [2.05, 4.69) is 15.6 Å². The average Bonchev–Trinajstić information content (AvgIpc) is 2.81. The molecule has 3 atom stereocenters. The number of ether oxygens (including phenoxy) is 1. The molecule has 18 heavy (non-hydrogen) atoms. The summed E-state index contributed by atoms with van der Waals surface area (Å²) in [7, 11) is 0. The van der Waals surface area contributed by atoms with Crippen LogP contribution in [0, 0.1) is 11.8 Å². The molecule has 2 N–H and O–H groups in total. The van der Waals surface area contributed by atoms with Gasteiger partial charge in [-0.15, -0.1) is 0 Å². The molecule has 0 aromatic carbocycles. The summed E-state index contributed by atoms with van der Waals surface area (Å²) in [6.07, 6.45) is 1.49. The number of nitrogens with one attached hydrogen (secondary N) is 2. The molecule has 1 saturated carbocycles. The molecule has 1 amide bonds. The zero-order valence-electron chi connectivity index (χ0n) is 9.73. The van der Waals surface area contributed by atoms with Crippen LogP contribution in [0.3, 0.4) is 0 Å². The Hall–Kier alpha value is -1.33. The largest absolute Gasteiger partial charge is 0.468 e. The van der Waals surface area contributed by atoms with Gasteiger partial charge in [-0.25, -0.2) is 4.98 Å². The second kappa shape index (κ2) is 4.74. The fourth-order valence-corrected chi connectivity index (χ4v) is 2.56. The van der Waals surface area contributed by atoms with Gasteiger partial charge in [-0.05, 0) is 17.9 Å². The van der Waals surface area contributed by atoms with E-state index in [4.69, 9.17) is 16.3 Å². The minimum absolute atomic E-state index is 0.00198. The van der Waals surface area contributed by atoms with E-state index in [1.807, 2.05) is 0 Å². The van der Waals surface area contributed by atoms with E-state index in [0.29, 0.717) is 28.8 Å². The van der Waals surface area contributed by atoms with Crippen molar-refractivity contribution in [3.8, 4) is 5.88 Å². The number of hydrogen-bond donors (Lipinski definition) is 2. The Morgan fingerprint density at radius 1 is 1.50 bits per heavy atom. The Morgan fingerprint density at radius 3 is 2.94 bits per heavy atom. The number of nitrogens with zero attached hydrogens (tertiary/aromatic N) is 1. The van der Waals surface area contributed by atoms with Gasteiger partial charge in [0.25, 0.3) is 5.91 Å². The lowest BCUT2D eigenvalue weighted by molar-refractivity contribution is -0.123. The topological polar surface area (TPSA) is 63.2 Å². The Labute approximate surface area is 110 Å². The maximum absolute atomic E-state index is 11.7. The zero-order chi connectivity index (χ0) is 12.5. The fourth-order valence-electron chi connectivity index (χ4n) is 2.45. The van der Waals surface area contributed by atoms with Crippen molar-refractivity contribution in [1.82, 2.24) is 15.6 Å². The molecule has 96 valence electrons. The lowest BCUT2D eigenvalue weighted by atomic mass is 10.4. The number of hydrogen-bond acceptors (Lipinski definition) is 4. The van der Waals surface area contributed by atoms with Crippen molar-refractivity contribution in [2.45, 2.75) is 6.04 Å². The highest BCUT2D eigenvalue weighted by atomic mass is 35.5. The normalized spacial score (nSPS) is 28.6. The van der Waals surface area contributed by atoms with Crippen molar-refractivity contribution < 1.29 is 9.53 Å². The summed E-state index contributed by atoms with van der Waals surface area (Å²) in [6.45, 7) is 2.02. The van der Waals surface area contributed by atoms with Crippen LogP contribution < -0.4 is 15.4 Å². The molecule has 0 unspecified atom stereocenters. The highest BCUT2D eigenvalue weighted by Gasteiger charge is 2.53. The van der Waals surface area contributed by atoms with Crippen LogP contribution in [0.1, 0.15) is 0 Å². The first-order valence-electron chi connectivity index (χ1n) is 5.98. The van der Waals surface area contributed by atoms with Gasteiger partial charge in [0.1, 0.15) is 0 Å². The van der Waals surface area contributed by atoms with Gasteiger partial charge in [-0.3, -0.25) is 4.79 Å².